The van der Waals surface area contributed by atoms with Gasteiger partial charge in [0.05, 0.1) is 5.92 Å². The van der Waals surface area contributed by atoms with Crippen LogP contribution in [0.2, 0.25) is 0 Å². The van der Waals surface area contributed by atoms with Crippen molar-refractivity contribution in [2.24, 2.45) is 5.92 Å². The molecule has 0 aromatic heterocycles. The van der Waals surface area contributed by atoms with Crippen LogP contribution in [-0.4, -0.2) is 34.6 Å². The second-order valence-electron chi connectivity index (χ2n) is 5.56. The average Bonchev–Trinajstić information content (AvgIpc) is 2.12. The van der Waals surface area contributed by atoms with Gasteiger partial charge in [0.1, 0.15) is 11.4 Å². The minimum atomic E-state index is -1.00. The molecule has 0 aliphatic heterocycles. The van der Waals surface area contributed by atoms with Crippen molar-refractivity contribution in [3.63, 3.8) is 0 Å². The molecule has 0 spiro atoms. The number of hydrogen-bond acceptors (Lipinski definition) is 4. The normalized spacial score (nSPS) is 24.5. The Labute approximate surface area is 106 Å². The minimum absolute atomic E-state index is 0.0435. The SMILES string of the molecule is CC(C)(C)OC(=O)NC1CC(=O)CC(C(=O)O)C1. The summed E-state index contributed by atoms with van der Waals surface area (Å²) in [4.78, 5) is 33.8. The third-order valence-corrected chi connectivity index (χ3v) is 2.59. The molecule has 1 saturated carbocycles. The van der Waals surface area contributed by atoms with E-state index in [9.17, 15) is 14.4 Å². The molecule has 6 nitrogen and oxygen atoms in total. The fourth-order valence-electron chi connectivity index (χ4n) is 1.92. The Bertz CT molecular complexity index is 358. The number of carbonyl (C=O) groups excluding carboxylic acids is 2. The van der Waals surface area contributed by atoms with Gasteiger partial charge in [0.15, 0.2) is 0 Å². The molecular formula is C12H19NO5. The van der Waals surface area contributed by atoms with Crippen LogP contribution >= 0.6 is 0 Å². The van der Waals surface area contributed by atoms with Crippen LogP contribution in [0.4, 0.5) is 4.79 Å². The number of ketones is 1. The van der Waals surface area contributed by atoms with Gasteiger partial charge in [0.2, 0.25) is 0 Å². The molecule has 1 rings (SSSR count). The number of nitrogens with one attached hydrogen (secondary N) is 1. The van der Waals surface area contributed by atoms with Gasteiger partial charge in [-0.15, -0.1) is 0 Å². The first kappa shape index (κ1) is 14.5. The van der Waals surface area contributed by atoms with Gasteiger partial charge in [-0.25, -0.2) is 4.79 Å². The van der Waals surface area contributed by atoms with Crippen LogP contribution in [0.15, 0.2) is 0 Å². The van der Waals surface area contributed by atoms with Crippen LogP contribution in [0.25, 0.3) is 0 Å². The van der Waals surface area contributed by atoms with Crippen LogP contribution in [-0.2, 0) is 14.3 Å². The third kappa shape index (κ3) is 4.73. The average molecular weight is 257 g/mol. The zero-order valence-corrected chi connectivity index (χ0v) is 10.9. The van der Waals surface area contributed by atoms with E-state index < -0.39 is 29.6 Å². The predicted octanol–water partition coefficient (Wildman–Crippen LogP) is 1.33. The van der Waals surface area contributed by atoms with Gasteiger partial charge in [-0.1, -0.05) is 0 Å². The second kappa shape index (κ2) is 5.37. The highest BCUT2D eigenvalue weighted by Crippen LogP contribution is 2.22. The lowest BCUT2D eigenvalue weighted by Crippen LogP contribution is -2.44. The zero-order valence-electron chi connectivity index (χ0n) is 10.9. The molecule has 0 aromatic carbocycles. The summed E-state index contributed by atoms with van der Waals surface area (Å²) >= 11 is 0. The fraction of sp³-hybridized carbons (Fsp3) is 0.750. The third-order valence-electron chi connectivity index (χ3n) is 2.59. The van der Waals surface area contributed by atoms with E-state index in [1.807, 2.05) is 0 Å². The fourth-order valence-corrected chi connectivity index (χ4v) is 1.92. The van der Waals surface area contributed by atoms with Crippen LogP contribution in [0.1, 0.15) is 40.0 Å². The smallest absolute Gasteiger partial charge is 0.407 e. The lowest BCUT2D eigenvalue weighted by atomic mass is 9.85. The Morgan fingerprint density at radius 2 is 1.94 bits per heavy atom. The number of hydrogen-bond donors (Lipinski definition) is 2. The molecule has 1 aliphatic rings. The molecule has 2 atom stereocenters. The molecule has 2 N–H and O–H groups in total. The van der Waals surface area contributed by atoms with Crippen molar-refractivity contribution >= 4 is 17.8 Å². The quantitative estimate of drug-likeness (QED) is 0.778. The molecule has 2 unspecified atom stereocenters. The zero-order chi connectivity index (χ0) is 13.9. The van der Waals surface area contributed by atoms with E-state index >= 15 is 0 Å². The van der Waals surface area contributed by atoms with Gasteiger partial charge in [-0.05, 0) is 27.2 Å². The summed E-state index contributed by atoms with van der Waals surface area (Å²) in [6.45, 7) is 5.20. The molecule has 1 amide bonds. The van der Waals surface area contributed by atoms with E-state index in [4.69, 9.17) is 9.84 Å². The summed E-state index contributed by atoms with van der Waals surface area (Å²) in [6, 6.07) is -0.456. The van der Waals surface area contributed by atoms with Gasteiger partial charge in [0.25, 0.3) is 0 Å². The van der Waals surface area contributed by atoms with Gasteiger partial charge in [-0.2, -0.15) is 0 Å². The highest BCUT2D eigenvalue weighted by Gasteiger charge is 2.33. The van der Waals surface area contributed by atoms with Crippen molar-refractivity contribution in [3.05, 3.63) is 0 Å². The summed E-state index contributed by atoms with van der Waals surface area (Å²) in [5.41, 5.74) is -0.616. The molecule has 102 valence electrons. The second-order valence-corrected chi connectivity index (χ2v) is 5.56. The Morgan fingerprint density at radius 1 is 1.33 bits per heavy atom. The number of carboxylic acid groups (broad SMARTS) is 1. The van der Waals surface area contributed by atoms with E-state index in [-0.39, 0.29) is 25.0 Å². The highest BCUT2D eigenvalue weighted by molar-refractivity contribution is 5.86. The summed E-state index contributed by atoms with van der Waals surface area (Å²) in [6.07, 6.45) is -0.142. The van der Waals surface area contributed by atoms with Crippen LogP contribution < -0.4 is 5.32 Å². The number of carbonyl (C=O) groups is 3. The first-order valence-corrected chi connectivity index (χ1v) is 5.91. The van der Waals surface area contributed by atoms with Crippen molar-refractivity contribution < 1.29 is 24.2 Å². The summed E-state index contributed by atoms with van der Waals surface area (Å²) in [7, 11) is 0. The topological polar surface area (TPSA) is 92.7 Å². The van der Waals surface area contributed by atoms with E-state index in [1.54, 1.807) is 20.8 Å². The molecule has 0 bridgehead atoms. The van der Waals surface area contributed by atoms with Crippen LogP contribution in [0, 0.1) is 5.92 Å². The first-order chi connectivity index (χ1) is 8.17. The lowest BCUT2D eigenvalue weighted by molar-refractivity contribution is -0.145. The monoisotopic (exact) mass is 257 g/mol. The van der Waals surface area contributed by atoms with Crippen molar-refractivity contribution in [1.29, 1.82) is 0 Å². The molecule has 18 heavy (non-hydrogen) atoms. The largest absolute Gasteiger partial charge is 0.481 e. The summed E-state index contributed by atoms with van der Waals surface area (Å²) in [5, 5.41) is 11.4. The van der Waals surface area contributed by atoms with E-state index in [1.165, 1.54) is 0 Å². The summed E-state index contributed by atoms with van der Waals surface area (Å²) < 4.78 is 5.06. The Morgan fingerprint density at radius 3 is 2.44 bits per heavy atom. The van der Waals surface area contributed by atoms with Crippen molar-refractivity contribution in [1.82, 2.24) is 5.32 Å². The number of alkyl carbamates (subject to hydrolysis) is 1. The Balaban J connectivity index is 2.54. The van der Waals surface area contributed by atoms with Crippen LogP contribution in [0.5, 0.6) is 0 Å². The van der Waals surface area contributed by atoms with Crippen molar-refractivity contribution in [3.8, 4) is 0 Å². The number of carboxylic acids is 1. The Hall–Kier alpha value is -1.59. The molecule has 1 fully saturated rings. The summed E-state index contributed by atoms with van der Waals surface area (Å²) in [5.74, 6) is -1.86. The number of ether oxygens (including phenoxy) is 1. The number of rotatable bonds is 2. The van der Waals surface area contributed by atoms with E-state index in [0.717, 1.165) is 0 Å². The molecule has 0 saturated heterocycles. The minimum Gasteiger partial charge on any atom is -0.481 e. The first-order valence-electron chi connectivity index (χ1n) is 5.91. The van der Waals surface area contributed by atoms with Crippen molar-refractivity contribution in [2.75, 3.05) is 0 Å². The number of aliphatic carboxylic acids is 1. The standard InChI is InChI=1S/C12H19NO5/c1-12(2,3)18-11(17)13-8-4-7(10(15)16)5-9(14)6-8/h7-8H,4-6H2,1-3H3,(H,13,17)(H,15,16). The molecule has 0 heterocycles. The maximum atomic E-state index is 11.5. The van der Waals surface area contributed by atoms with Gasteiger partial charge < -0.3 is 15.2 Å². The van der Waals surface area contributed by atoms with Crippen LogP contribution in [0.3, 0.4) is 0 Å². The van der Waals surface area contributed by atoms with Gasteiger partial charge in [0, 0.05) is 18.9 Å². The molecule has 6 heteroatoms. The Kier molecular flexibility index (Phi) is 4.32. The highest BCUT2D eigenvalue weighted by atomic mass is 16.6. The molecule has 0 aromatic rings. The molecule has 0 radical (unpaired) electrons. The molecular weight excluding hydrogens is 238 g/mol. The molecule has 1 aliphatic carbocycles. The van der Waals surface area contributed by atoms with Crippen molar-refractivity contribution in [2.45, 2.75) is 51.7 Å². The maximum absolute atomic E-state index is 11.5. The number of amides is 1. The van der Waals surface area contributed by atoms with Gasteiger partial charge >= 0.3 is 12.1 Å². The lowest BCUT2D eigenvalue weighted by Gasteiger charge is -2.28. The number of Topliss-reactive ketones (excluding diaryl/α,β-unsaturated/α-hetero) is 1. The maximum Gasteiger partial charge on any atom is 0.407 e. The van der Waals surface area contributed by atoms with E-state index in [2.05, 4.69) is 5.32 Å². The predicted molar refractivity (Wildman–Crippen MR) is 63.1 cm³/mol. The van der Waals surface area contributed by atoms with E-state index in [0.29, 0.717) is 0 Å². The van der Waals surface area contributed by atoms with Gasteiger partial charge in [-0.3, -0.25) is 9.59 Å².